The minimum absolute atomic E-state index is 0.259. The fourth-order valence-corrected chi connectivity index (χ4v) is 2.15. The topological polar surface area (TPSA) is 97.8 Å². The first-order chi connectivity index (χ1) is 9.21. The van der Waals surface area contributed by atoms with Crippen molar-refractivity contribution in [1.29, 1.82) is 0 Å². The second-order valence-electron chi connectivity index (χ2n) is 5.03. The van der Waals surface area contributed by atoms with E-state index in [-0.39, 0.29) is 6.42 Å². The number of thiazole rings is 1. The minimum Gasteiger partial charge on any atom is -0.481 e. The van der Waals surface area contributed by atoms with Crippen LogP contribution in [0.2, 0.25) is 0 Å². The zero-order valence-corrected chi connectivity index (χ0v) is 12.6. The molecule has 1 rings (SSSR count). The van der Waals surface area contributed by atoms with Gasteiger partial charge in [0.25, 0.3) is 5.19 Å². The number of nitrogens with zero attached hydrogens (tertiary/aromatic N) is 1. The highest BCUT2D eigenvalue weighted by molar-refractivity contribution is 7.13. The first-order valence-electron chi connectivity index (χ1n) is 5.92. The van der Waals surface area contributed by atoms with Gasteiger partial charge in [-0.1, -0.05) is 11.3 Å². The molecule has 20 heavy (non-hydrogen) atoms. The van der Waals surface area contributed by atoms with E-state index in [1.165, 1.54) is 24.6 Å². The number of amides is 1. The van der Waals surface area contributed by atoms with E-state index >= 15 is 0 Å². The number of aromatic nitrogens is 1. The van der Waals surface area contributed by atoms with Crippen molar-refractivity contribution in [2.45, 2.75) is 38.8 Å². The Kier molecular flexibility index (Phi) is 5.32. The molecule has 1 heterocycles. The molecule has 0 aliphatic heterocycles. The van der Waals surface area contributed by atoms with E-state index < -0.39 is 23.7 Å². The number of hydrogen-bond donors (Lipinski definition) is 2. The molecular formula is C12H18N2O5S. The van der Waals surface area contributed by atoms with Crippen LogP contribution in [0.3, 0.4) is 0 Å². The lowest BCUT2D eigenvalue weighted by Gasteiger charge is -2.22. The van der Waals surface area contributed by atoms with Crippen molar-refractivity contribution in [3.05, 3.63) is 11.1 Å². The second kappa shape index (κ2) is 6.56. The lowest BCUT2D eigenvalue weighted by Crippen LogP contribution is -2.35. The molecule has 0 bridgehead atoms. The summed E-state index contributed by atoms with van der Waals surface area (Å²) in [7, 11) is 1.47. The summed E-state index contributed by atoms with van der Waals surface area (Å²) in [6.45, 7) is 5.19. The van der Waals surface area contributed by atoms with Gasteiger partial charge in [0.15, 0.2) is 0 Å². The number of alkyl carbamates (subject to hydrolysis) is 1. The third-order valence-corrected chi connectivity index (χ3v) is 3.16. The van der Waals surface area contributed by atoms with Crippen molar-refractivity contribution in [1.82, 2.24) is 10.3 Å². The smallest absolute Gasteiger partial charge is 0.408 e. The normalized spacial score (nSPS) is 12.6. The first-order valence-corrected chi connectivity index (χ1v) is 6.74. The third-order valence-electron chi connectivity index (χ3n) is 2.09. The van der Waals surface area contributed by atoms with Gasteiger partial charge in [-0.15, -0.1) is 0 Å². The predicted molar refractivity (Wildman–Crippen MR) is 73.0 cm³/mol. The van der Waals surface area contributed by atoms with Gasteiger partial charge < -0.3 is 19.9 Å². The van der Waals surface area contributed by atoms with E-state index in [0.717, 1.165) is 0 Å². The van der Waals surface area contributed by atoms with Crippen molar-refractivity contribution in [2.75, 3.05) is 7.11 Å². The second-order valence-corrected chi connectivity index (χ2v) is 6.05. The van der Waals surface area contributed by atoms with Crippen LogP contribution in [0.5, 0.6) is 5.19 Å². The highest BCUT2D eigenvalue weighted by Gasteiger charge is 2.24. The average Bonchev–Trinajstić information content (AvgIpc) is 2.73. The Hall–Kier alpha value is -1.83. The maximum Gasteiger partial charge on any atom is 0.408 e. The molecule has 0 aliphatic carbocycles. The Morgan fingerprint density at radius 3 is 2.60 bits per heavy atom. The summed E-state index contributed by atoms with van der Waals surface area (Å²) < 4.78 is 10.1. The lowest BCUT2D eigenvalue weighted by molar-refractivity contribution is -0.137. The van der Waals surface area contributed by atoms with Gasteiger partial charge in [-0.3, -0.25) is 4.79 Å². The number of carbonyl (C=O) groups excluding carboxylic acids is 1. The molecule has 1 atom stereocenters. The Morgan fingerprint density at radius 2 is 2.15 bits per heavy atom. The number of carbonyl (C=O) groups is 2. The number of hydrogen-bond acceptors (Lipinski definition) is 6. The van der Waals surface area contributed by atoms with Crippen molar-refractivity contribution >= 4 is 23.4 Å². The summed E-state index contributed by atoms with van der Waals surface area (Å²) in [5.74, 6) is -1.03. The van der Waals surface area contributed by atoms with E-state index in [0.29, 0.717) is 10.1 Å². The number of carboxylic acids is 1. The minimum atomic E-state index is -1.03. The Balaban J connectivity index is 2.79. The van der Waals surface area contributed by atoms with E-state index in [1.807, 2.05) is 0 Å². The van der Waals surface area contributed by atoms with Crippen LogP contribution in [0, 0.1) is 0 Å². The highest BCUT2D eigenvalue weighted by Crippen LogP contribution is 2.28. The van der Waals surface area contributed by atoms with Gasteiger partial charge in [0.05, 0.1) is 24.4 Å². The summed E-state index contributed by atoms with van der Waals surface area (Å²) >= 11 is 1.18. The van der Waals surface area contributed by atoms with Gasteiger partial charge >= 0.3 is 12.1 Å². The Bertz CT molecular complexity index is 480. The van der Waals surface area contributed by atoms with Gasteiger partial charge in [0, 0.05) is 6.20 Å². The molecule has 0 saturated carbocycles. The maximum absolute atomic E-state index is 11.7. The van der Waals surface area contributed by atoms with Gasteiger partial charge in [0.1, 0.15) is 5.60 Å². The van der Waals surface area contributed by atoms with Gasteiger partial charge in [0.2, 0.25) is 0 Å². The average molecular weight is 302 g/mol. The summed E-state index contributed by atoms with van der Waals surface area (Å²) in [5, 5.41) is 11.9. The largest absolute Gasteiger partial charge is 0.481 e. The molecule has 8 heteroatoms. The monoisotopic (exact) mass is 302 g/mol. The predicted octanol–water partition coefficient (Wildman–Crippen LogP) is 2.19. The molecule has 0 aromatic carbocycles. The summed E-state index contributed by atoms with van der Waals surface area (Å²) in [4.78, 5) is 27.2. The first kappa shape index (κ1) is 16.2. The molecule has 7 nitrogen and oxygen atoms in total. The van der Waals surface area contributed by atoms with Crippen LogP contribution in [0.25, 0.3) is 0 Å². The number of aliphatic carboxylic acids is 1. The zero-order valence-electron chi connectivity index (χ0n) is 11.8. The third kappa shape index (κ3) is 5.43. The Labute approximate surface area is 120 Å². The lowest BCUT2D eigenvalue weighted by atomic mass is 10.2. The van der Waals surface area contributed by atoms with Gasteiger partial charge in [-0.05, 0) is 20.8 Å². The molecule has 0 saturated heterocycles. The number of carboxylic acid groups (broad SMARTS) is 1. The van der Waals surface area contributed by atoms with Gasteiger partial charge in [-0.2, -0.15) is 0 Å². The van der Waals surface area contributed by atoms with Crippen LogP contribution < -0.4 is 10.1 Å². The highest BCUT2D eigenvalue weighted by atomic mass is 32.1. The van der Waals surface area contributed by atoms with Crippen molar-refractivity contribution in [3.8, 4) is 5.19 Å². The van der Waals surface area contributed by atoms with Crippen LogP contribution in [-0.4, -0.2) is 34.9 Å². The SMILES string of the molecule is COc1ncc([C@@H](CC(=O)O)NC(=O)OC(C)(C)C)s1. The standard InChI is InChI=1S/C12H18N2O5S/c1-12(2,3)19-10(17)14-7(5-9(15)16)8-6-13-11(18-4)20-8/h6-7H,5H2,1-4H3,(H,14,17)(H,15,16)/t7-/m1/s1. The van der Waals surface area contributed by atoms with Crippen LogP contribution in [-0.2, 0) is 9.53 Å². The molecule has 0 fully saturated rings. The zero-order chi connectivity index (χ0) is 15.3. The van der Waals surface area contributed by atoms with E-state index in [4.69, 9.17) is 14.6 Å². The van der Waals surface area contributed by atoms with Crippen molar-refractivity contribution in [2.24, 2.45) is 0 Å². The van der Waals surface area contributed by atoms with E-state index in [2.05, 4.69) is 10.3 Å². The molecule has 1 amide bonds. The van der Waals surface area contributed by atoms with E-state index in [9.17, 15) is 9.59 Å². The van der Waals surface area contributed by atoms with Gasteiger partial charge in [-0.25, -0.2) is 9.78 Å². The van der Waals surface area contributed by atoms with E-state index in [1.54, 1.807) is 20.8 Å². The van der Waals surface area contributed by atoms with Crippen LogP contribution in [0.4, 0.5) is 4.79 Å². The number of methoxy groups -OCH3 is 1. The summed E-state index contributed by atoms with van der Waals surface area (Å²) in [6, 6.07) is -0.705. The maximum atomic E-state index is 11.7. The summed E-state index contributed by atoms with van der Waals surface area (Å²) in [5.41, 5.74) is -0.650. The molecule has 0 aliphatic rings. The van der Waals surface area contributed by atoms with Crippen molar-refractivity contribution in [3.63, 3.8) is 0 Å². The number of nitrogens with one attached hydrogen (secondary N) is 1. The molecule has 0 radical (unpaired) electrons. The number of ether oxygens (including phenoxy) is 2. The number of rotatable bonds is 5. The van der Waals surface area contributed by atoms with Crippen LogP contribution >= 0.6 is 11.3 Å². The fraction of sp³-hybridized carbons (Fsp3) is 0.583. The quantitative estimate of drug-likeness (QED) is 0.865. The molecule has 1 aromatic rings. The Morgan fingerprint density at radius 1 is 1.50 bits per heavy atom. The van der Waals surface area contributed by atoms with Crippen molar-refractivity contribution < 1.29 is 24.2 Å². The fourth-order valence-electron chi connectivity index (χ4n) is 1.37. The van der Waals surface area contributed by atoms with Crippen LogP contribution in [0.15, 0.2) is 6.20 Å². The molecule has 1 aromatic heterocycles. The molecule has 0 unspecified atom stereocenters. The molecule has 0 spiro atoms. The summed E-state index contributed by atoms with van der Waals surface area (Å²) in [6.07, 6.45) is 0.551. The molecule has 2 N–H and O–H groups in total. The molecule has 112 valence electrons. The molecular weight excluding hydrogens is 284 g/mol. The van der Waals surface area contributed by atoms with Crippen LogP contribution in [0.1, 0.15) is 38.1 Å².